The zero-order chi connectivity index (χ0) is 27.4. The smallest absolute Gasteiger partial charge is 0.320 e. The average Bonchev–Trinajstić information content (AvgIpc) is 3.50. The van der Waals surface area contributed by atoms with Gasteiger partial charge in [0.25, 0.3) is 0 Å². The molecule has 3 aromatic carbocycles. The number of amides is 2. The van der Waals surface area contributed by atoms with Crippen molar-refractivity contribution in [1.29, 1.82) is 0 Å². The fourth-order valence-corrected chi connectivity index (χ4v) is 5.45. The lowest BCUT2D eigenvalue weighted by Gasteiger charge is -2.21. The van der Waals surface area contributed by atoms with Crippen LogP contribution in [0.1, 0.15) is 11.5 Å². The number of hydrogen-bond donors (Lipinski definition) is 2. The number of likely N-dealkylation sites (tertiary alicyclic amines) is 1. The maximum absolute atomic E-state index is 14.1. The summed E-state index contributed by atoms with van der Waals surface area (Å²) in [4.78, 5) is 15.5. The van der Waals surface area contributed by atoms with Crippen LogP contribution in [0.5, 0.6) is 0 Å². The van der Waals surface area contributed by atoms with E-state index in [2.05, 4.69) is 31.5 Å². The van der Waals surface area contributed by atoms with Crippen molar-refractivity contribution in [2.45, 2.75) is 12.0 Å². The maximum Gasteiger partial charge on any atom is 0.320 e. The Balaban J connectivity index is 1.42. The summed E-state index contributed by atoms with van der Waals surface area (Å²) < 4.78 is 35.2. The number of halogens is 3. The normalized spacial score (nSPS) is 17.3. The SMILES string of the molecule is COCCN1C[C@@H](NC(=O)Nc2c(Br)c(-c3ccccc3)nn2-c2ccccc2)[C@H](c2ccc(F)c(F)c2)C1. The molecule has 2 heterocycles. The lowest BCUT2D eigenvalue weighted by molar-refractivity contribution is 0.159. The minimum absolute atomic E-state index is 0.231. The highest BCUT2D eigenvalue weighted by molar-refractivity contribution is 9.10. The van der Waals surface area contributed by atoms with Crippen molar-refractivity contribution >= 4 is 27.8 Å². The van der Waals surface area contributed by atoms with Gasteiger partial charge in [-0.2, -0.15) is 5.10 Å². The second-order valence-electron chi connectivity index (χ2n) is 9.36. The van der Waals surface area contributed by atoms with Crippen LogP contribution in [0, 0.1) is 11.6 Å². The second kappa shape index (κ2) is 12.1. The van der Waals surface area contributed by atoms with Crippen LogP contribution in [0.15, 0.2) is 83.3 Å². The second-order valence-corrected chi connectivity index (χ2v) is 10.2. The third-order valence-electron chi connectivity index (χ3n) is 6.80. The zero-order valence-corrected chi connectivity index (χ0v) is 22.9. The van der Waals surface area contributed by atoms with E-state index < -0.39 is 17.7 Å². The van der Waals surface area contributed by atoms with Gasteiger partial charge in [-0.3, -0.25) is 10.2 Å². The van der Waals surface area contributed by atoms with Crippen molar-refractivity contribution in [3.05, 3.63) is 101 Å². The number of carbonyl (C=O) groups is 1. The molecule has 0 radical (unpaired) electrons. The lowest BCUT2D eigenvalue weighted by atomic mass is 9.94. The number of hydrogen-bond acceptors (Lipinski definition) is 4. The molecule has 0 aliphatic carbocycles. The first-order valence-electron chi connectivity index (χ1n) is 12.6. The number of rotatable bonds is 8. The highest BCUT2D eigenvalue weighted by Crippen LogP contribution is 2.36. The number of ether oxygens (including phenoxy) is 1. The van der Waals surface area contributed by atoms with Gasteiger partial charge >= 0.3 is 6.03 Å². The molecule has 1 saturated heterocycles. The van der Waals surface area contributed by atoms with Crippen LogP contribution in [0.25, 0.3) is 16.9 Å². The summed E-state index contributed by atoms with van der Waals surface area (Å²) in [6.45, 7) is 2.29. The van der Waals surface area contributed by atoms with Crippen molar-refractivity contribution in [3.63, 3.8) is 0 Å². The Bertz CT molecular complexity index is 1430. The molecular weight excluding hydrogens is 568 g/mol. The highest BCUT2D eigenvalue weighted by Gasteiger charge is 2.35. The largest absolute Gasteiger partial charge is 0.383 e. The van der Waals surface area contributed by atoms with E-state index in [-0.39, 0.29) is 12.0 Å². The van der Waals surface area contributed by atoms with Gasteiger partial charge in [0.1, 0.15) is 5.69 Å². The van der Waals surface area contributed by atoms with Gasteiger partial charge in [-0.25, -0.2) is 18.3 Å². The first kappa shape index (κ1) is 27.0. The van der Waals surface area contributed by atoms with E-state index in [1.165, 1.54) is 6.07 Å². The third kappa shape index (κ3) is 6.03. The van der Waals surface area contributed by atoms with Gasteiger partial charge in [-0.15, -0.1) is 0 Å². The summed E-state index contributed by atoms with van der Waals surface area (Å²) in [5.41, 5.74) is 2.98. The van der Waals surface area contributed by atoms with Crippen LogP contribution >= 0.6 is 15.9 Å². The predicted octanol–water partition coefficient (Wildman–Crippen LogP) is 5.82. The quantitative estimate of drug-likeness (QED) is 0.269. The van der Waals surface area contributed by atoms with Gasteiger partial charge in [0, 0.05) is 38.2 Å². The maximum atomic E-state index is 14.1. The molecule has 0 saturated carbocycles. The molecule has 2 atom stereocenters. The molecule has 1 aliphatic rings. The van der Waals surface area contributed by atoms with Gasteiger partial charge < -0.3 is 10.1 Å². The van der Waals surface area contributed by atoms with Crippen LogP contribution in [-0.4, -0.2) is 60.1 Å². The van der Waals surface area contributed by atoms with E-state index in [0.29, 0.717) is 47.8 Å². The van der Waals surface area contributed by atoms with E-state index in [1.54, 1.807) is 17.9 Å². The molecule has 1 aromatic heterocycles. The third-order valence-corrected chi connectivity index (χ3v) is 7.55. The van der Waals surface area contributed by atoms with Crippen LogP contribution in [0.2, 0.25) is 0 Å². The molecule has 202 valence electrons. The fraction of sp³-hybridized carbons (Fsp3) is 0.241. The number of aromatic nitrogens is 2. The fourth-order valence-electron chi connectivity index (χ4n) is 4.87. The molecule has 1 fully saturated rings. The standard InChI is InChI=1S/C29H28BrF2N5O2/c1-39-15-14-36-17-22(20-12-13-23(31)24(32)16-20)25(18-36)33-29(38)34-28-26(30)27(19-8-4-2-5-9-19)35-37(28)21-10-6-3-7-11-21/h2-13,16,22,25H,14-15,17-18H2,1H3,(H2,33,34,38)/t22-,25+/m0/s1. The van der Waals surface area contributed by atoms with E-state index in [9.17, 15) is 13.6 Å². The minimum atomic E-state index is -0.907. The number of carbonyl (C=O) groups excluding carboxylic acids is 1. The highest BCUT2D eigenvalue weighted by atomic mass is 79.9. The van der Waals surface area contributed by atoms with Crippen molar-refractivity contribution in [2.24, 2.45) is 0 Å². The number of urea groups is 1. The van der Waals surface area contributed by atoms with Gasteiger partial charge in [-0.1, -0.05) is 54.6 Å². The molecular formula is C29H28BrF2N5O2. The van der Waals surface area contributed by atoms with E-state index in [4.69, 9.17) is 9.84 Å². The molecule has 7 nitrogen and oxygen atoms in total. The van der Waals surface area contributed by atoms with E-state index >= 15 is 0 Å². The average molecular weight is 596 g/mol. The first-order chi connectivity index (χ1) is 18.9. The first-order valence-corrected chi connectivity index (χ1v) is 13.4. The molecule has 2 amide bonds. The monoisotopic (exact) mass is 595 g/mol. The molecule has 0 bridgehead atoms. The number of nitrogens with zero attached hydrogens (tertiary/aromatic N) is 3. The van der Waals surface area contributed by atoms with Crippen LogP contribution in [-0.2, 0) is 4.74 Å². The zero-order valence-electron chi connectivity index (χ0n) is 21.3. The molecule has 39 heavy (non-hydrogen) atoms. The van der Waals surface area contributed by atoms with Crippen molar-refractivity contribution in [2.75, 3.05) is 38.7 Å². The molecule has 5 rings (SSSR count). The Kier molecular flexibility index (Phi) is 8.35. The molecule has 1 aliphatic heterocycles. The number of nitrogens with one attached hydrogen (secondary N) is 2. The van der Waals surface area contributed by atoms with E-state index in [0.717, 1.165) is 17.3 Å². The summed E-state index contributed by atoms with van der Waals surface area (Å²) in [5.74, 6) is -1.57. The van der Waals surface area contributed by atoms with Crippen LogP contribution < -0.4 is 10.6 Å². The molecule has 10 heteroatoms. The van der Waals surface area contributed by atoms with Gasteiger partial charge in [0.2, 0.25) is 0 Å². The van der Waals surface area contributed by atoms with Crippen molar-refractivity contribution < 1.29 is 18.3 Å². The Morgan fingerprint density at radius 3 is 2.44 bits per heavy atom. The van der Waals surface area contributed by atoms with E-state index in [1.807, 2.05) is 60.7 Å². The van der Waals surface area contributed by atoms with Crippen molar-refractivity contribution in [3.8, 4) is 16.9 Å². The Morgan fingerprint density at radius 2 is 1.74 bits per heavy atom. The number of methoxy groups -OCH3 is 1. The molecule has 4 aromatic rings. The number of para-hydroxylation sites is 1. The summed E-state index contributed by atoms with van der Waals surface area (Å²) in [7, 11) is 1.63. The van der Waals surface area contributed by atoms with Crippen molar-refractivity contribution in [1.82, 2.24) is 20.0 Å². The van der Waals surface area contributed by atoms with Gasteiger partial charge in [-0.05, 0) is 45.8 Å². The van der Waals surface area contributed by atoms with Gasteiger partial charge in [0.05, 0.1) is 22.8 Å². The molecule has 2 N–H and O–H groups in total. The topological polar surface area (TPSA) is 71.4 Å². The molecule has 0 unspecified atom stereocenters. The predicted molar refractivity (Wildman–Crippen MR) is 150 cm³/mol. The molecule has 0 spiro atoms. The number of anilines is 1. The summed E-state index contributed by atoms with van der Waals surface area (Å²) in [5, 5.41) is 10.8. The summed E-state index contributed by atoms with van der Waals surface area (Å²) in [6, 6.07) is 22.3. The van der Waals surface area contributed by atoms with Crippen LogP contribution in [0.4, 0.5) is 19.4 Å². The summed E-state index contributed by atoms with van der Waals surface area (Å²) in [6.07, 6.45) is 0. The lowest BCUT2D eigenvalue weighted by Crippen LogP contribution is -2.42. The minimum Gasteiger partial charge on any atom is -0.383 e. The van der Waals surface area contributed by atoms with Crippen LogP contribution in [0.3, 0.4) is 0 Å². The number of benzene rings is 3. The Morgan fingerprint density at radius 1 is 1.03 bits per heavy atom. The van der Waals surface area contributed by atoms with Gasteiger partial charge in [0.15, 0.2) is 17.5 Å². The summed E-state index contributed by atoms with van der Waals surface area (Å²) >= 11 is 3.65. The Hall–Kier alpha value is -3.60. The Labute approximate surface area is 233 Å².